The third-order valence-corrected chi connectivity index (χ3v) is 7.28. The lowest BCUT2D eigenvalue weighted by molar-refractivity contribution is 0.871. The molecular formula is C22H32P2. The van der Waals surface area contributed by atoms with Crippen molar-refractivity contribution >= 4 is 27.8 Å². The van der Waals surface area contributed by atoms with Crippen molar-refractivity contribution in [1.29, 1.82) is 0 Å². The van der Waals surface area contributed by atoms with Crippen molar-refractivity contribution < 1.29 is 0 Å². The molecule has 2 aromatic rings. The minimum atomic E-state index is 0.641. The largest absolute Gasteiger partial charge is 0.0901 e. The summed E-state index contributed by atoms with van der Waals surface area (Å²) in [5.74, 6) is 1.28. The maximum absolute atomic E-state index is 2.33. The minimum Gasteiger partial charge on any atom is -0.0901 e. The third-order valence-electron chi connectivity index (χ3n) is 4.40. The highest BCUT2D eigenvalue weighted by molar-refractivity contribution is 7.47. The highest BCUT2D eigenvalue weighted by Crippen LogP contribution is 2.24. The standard InChI is InChI=1S/C22H32P2/c1-17(2)19-11-5-7-13-21(19)23-15-9-10-16-24-22-14-8-6-12-20(22)18(3)4/h5-8,11-14,17-18,23-24H,9-10,15-16H2,1-4H3. The zero-order valence-electron chi connectivity index (χ0n) is 15.6. The Morgan fingerprint density at radius 3 is 1.38 bits per heavy atom. The molecule has 0 aliphatic heterocycles. The van der Waals surface area contributed by atoms with Gasteiger partial charge in [-0.15, -0.1) is 0 Å². The van der Waals surface area contributed by atoms with E-state index in [1.165, 1.54) is 25.2 Å². The van der Waals surface area contributed by atoms with Crippen molar-refractivity contribution in [2.24, 2.45) is 0 Å². The van der Waals surface area contributed by atoms with Crippen LogP contribution in [0.3, 0.4) is 0 Å². The van der Waals surface area contributed by atoms with Crippen LogP contribution >= 0.6 is 17.2 Å². The molecule has 2 heteroatoms. The molecule has 0 aromatic heterocycles. The second kappa shape index (κ2) is 10.3. The van der Waals surface area contributed by atoms with E-state index in [0.29, 0.717) is 11.8 Å². The Balaban J connectivity index is 1.73. The van der Waals surface area contributed by atoms with Crippen molar-refractivity contribution in [3.63, 3.8) is 0 Å². The molecule has 0 aliphatic carbocycles. The molecule has 0 bridgehead atoms. The first-order chi connectivity index (χ1) is 11.6. The quantitative estimate of drug-likeness (QED) is 0.380. The van der Waals surface area contributed by atoms with Gasteiger partial charge in [0.25, 0.3) is 0 Å². The highest BCUT2D eigenvalue weighted by Gasteiger charge is 2.06. The van der Waals surface area contributed by atoms with Gasteiger partial charge in [0, 0.05) is 0 Å². The number of unbranched alkanes of at least 4 members (excludes halogenated alkanes) is 1. The van der Waals surface area contributed by atoms with E-state index in [4.69, 9.17) is 0 Å². The Morgan fingerprint density at radius 2 is 1.00 bits per heavy atom. The summed E-state index contributed by atoms with van der Waals surface area (Å²) in [6.45, 7) is 9.21. The zero-order chi connectivity index (χ0) is 17.4. The predicted molar refractivity (Wildman–Crippen MR) is 116 cm³/mol. The van der Waals surface area contributed by atoms with Crippen LogP contribution in [0.25, 0.3) is 0 Å². The van der Waals surface area contributed by atoms with Gasteiger partial charge in [-0.3, -0.25) is 0 Å². The number of rotatable bonds is 9. The molecule has 0 aliphatic rings. The summed E-state index contributed by atoms with van der Waals surface area (Å²) < 4.78 is 0. The van der Waals surface area contributed by atoms with E-state index < -0.39 is 0 Å². The van der Waals surface area contributed by atoms with Gasteiger partial charge >= 0.3 is 0 Å². The molecule has 0 amide bonds. The topological polar surface area (TPSA) is 0 Å². The Kier molecular flexibility index (Phi) is 8.44. The molecule has 0 saturated carbocycles. The van der Waals surface area contributed by atoms with Gasteiger partial charge in [0.05, 0.1) is 0 Å². The van der Waals surface area contributed by atoms with Crippen LogP contribution in [-0.2, 0) is 0 Å². The van der Waals surface area contributed by atoms with E-state index in [9.17, 15) is 0 Å². The molecule has 0 spiro atoms. The van der Waals surface area contributed by atoms with E-state index in [2.05, 4.69) is 76.2 Å². The van der Waals surface area contributed by atoms with Gasteiger partial charge in [0.2, 0.25) is 0 Å². The lowest BCUT2D eigenvalue weighted by Gasteiger charge is -2.13. The zero-order valence-corrected chi connectivity index (χ0v) is 17.6. The van der Waals surface area contributed by atoms with Crippen LogP contribution in [0, 0.1) is 0 Å². The summed E-state index contributed by atoms with van der Waals surface area (Å²) in [5, 5.41) is 3.17. The van der Waals surface area contributed by atoms with E-state index in [1.807, 2.05) is 0 Å². The Labute approximate surface area is 152 Å². The van der Waals surface area contributed by atoms with Crippen molar-refractivity contribution in [3.8, 4) is 0 Å². The summed E-state index contributed by atoms with van der Waals surface area (Å²) >= 11 is 0. The minimum absolute atomic E-state index is 0.641. The van der Waals surface area contributed by atoms with Crippen LogP contribution in [0.1, 0.15) is 63.5 Å². The van der Waals surface area contributed by atoms with Gasteiger partial charge in [-0.2, -0.15) is 0 Å². The summed E-state index contributed by atoms with van der Waals surface area (Å²) in [5.41, 5.74) is 3.09. The molecule has 2 rings (SSSR count). The summed E-state index contributed by atoms with van der Waals surface area (Å²) in [6.07, 6.45) is 5.42. The molecule has 0 nitrogen and oxygen atoms in total. The van der Waals surface area contributed by atoms with E-state index in [1.54, 1.807) is 21.7 Å². The molecule has 130 valence electrons. The summed E-state index contributed by atoms with van der Waals surface area (Å²) in [7, 11) is 1.94. The third kappa shape index (κ3) is 5.98. The fourth-order valence-corrected chi connectivity index (χ4v) is 5.99. The lowest BCUT2D eigenvalue weighted by atomic mass is 10.0. The van der Waals surface area contributed by atoms with Crippen LogP contribution in [0.4, 0.5) is 0 Å². The van der Waals surface area contributed by atoms with Crippen LogP contribution in [0.5, 0.6) is 0 Å². The van der Waals surface area contributed by atoms with Crippen molar-refractivity contribution in [2.75, 3.05) is 12.3 Å². The van der Waals surface area contributed by atoms with Gasteiger partial charge in [-0.05, 0) is 58.7 Å². The smallest absolute Gasteiger partial charge is 0.0213 e. The van der Waals surface area contributed by atoms with Gasteiger partial charge in [0.1, 0.15) is 0 Å². The van der Waals surface area contributed by atoms with Crippen molar-refractivity contribution in [1.82, 2.24) is 0 Å². The van der Waals surface area contributed by atoms with E-state index >= 15 is 0 Å². The first-order valence-corrected chi connectivity index (χ1v) is 11.7. The predicted octanol–water partition coefficient (Wildman–Crippen LogP) is 6.02. The van der Waals surface area contributed by atoms with Gasteiger partial charge in [-0.1, -0.05) is 93.4 Å². The summed E-state index contributed by atoms with van der Waals surface area (Å²) in [6, 6.07) is 18.0. The second-order valence-electron chi connectivity index (χ2n) is 7.04. The van der Waals surface area contributed by atoms with E-state index in [-0.39, 0.29) is 0 Å². The van der Waals surface area contributed by atoms with Crippen molar-refractivity contribution in [2.45, 2.75) is 52.4 Å². The molecule has 0 fully saturated rings. The first-order valence-electron chi connectivity index (χ1n) is 9.25. The van der Waals surface area contributed by atoms with Crippen LogP contribution in [-0.4, -0.2) is 12.3 Å². The maximum Gasteiger partial charge on any atom is -0.0213 e. The average molecular weight is 358 g/mol. The monoisotopic (exact) mass is 358 g/mol. The molecular weight excluding hydrogens is 326 g/mol. The molecule has 0 radical (unpaired) electrons. The normalized spacial score (nSPS) is 12.4. The Morgan fingerprint density at radius 1 is 0.625 bits per heavy atom. The lowest BCUT2D eigenvalue weighted by Crippen LogP contribution is -2.07. The van der Waals surface area contributed by atoms with Crippen LogP contribution < -0.4 is 10.6 Å². The highest BCUT2D eigenvalue weighted by atomic mass is 31.1. The molecule has 24 heavy (non-hydrogen) atoms. The molecule has 2 aromatic carbocycles. The van der Waals surface area contributed by atoms with E-state index in [0.717, 1.165) is 17.2 Å². The van der Waals surface area contributed by atoms with Gasteiger partial charge < -0.3 is 0 Å². The molecule has 2 atom stereocenters. The van der Waals surface area contributed by atoms with Gasteiger partial charge in [-0.25, -0.2) is 0 Å². The molecule has 0 heterocycles. The maximum atomic E-state index is 2.33. The number of benzene rings is 2. The van der Waals surface area contributed by atoms with Gasteiger partial charge in [0.15, 0.2) is 0 Å². The summed E-state index contributed by atoms with van der Waals surface area (Å²) in [4.78, 5) is 0. The molecule has 0 N–H and O–H groups in total. The van der Waals surface area contributed by atoms with Crippen molar-refractivity contribution in [3.05, 3.63) is 59.7 Å². The Bertz CT molecular complexity index is 561. The Hall–Kier alpha value is -0.700. The number of hydrogen-bond donors (Lipinski definition) is 0. The van der Waals surface area contributed by atoms with Crippen LogP contribution in [0.15, 0.2) is 48.5 Å². The fourth-order valence-electron chi connectivity index (χ4n) is 3.02. The van der Waals surface area contributed by atoms with Crippen LogP contribution in [0.2, 0.25) is 0 Å². The number of hydrogen-bond acceptors (Lipinski definition) is 0. The fraction of sp³-hybridized carbons (Fsp3) is 0.455. The first kappa shape index (κ1) is 19.6. The second-order valence-corrected chi connectivity index (χ2v) is 9.83. The molecule has 0 saturated heterocycles. The molecule has 2 unspecified atom stereocenters. The average Bonchev–Trinajstić information content (AvgIpc) is 2.58. The SMILES string of the molecule is CC(C)c1ccccc1PCCCCPc1ccccc1C(C)C.